The van der Waals surface area contributed by atoms with Crippen LogP contribution in [0.3, 0.4) is 0 Å². The fourth-order valence-corrected chi connectivity index (χ4v) is 3.38. The number of amides is 1. The smallest absolute Gasteiger partial charge is 0.224 e. The minimum Gasteiger partial charge on any atom is -0.352 e. The Morgan fingerprint density at radius 1 is 1.35 bits per heavy atom. The summed E-state index contributed by atoms with van der Waals surface area (Å²) in [5.41, 5.74) is 1.12. The maximum absolute atomic E-state index is 12.0. The molecule has 0 unspecified atom stereocenters. The molecule has 2 aliphatic heterocycles. The molecule has 20 heavy (non-hydrogen) atoms. The number of hydrogen-bond donors (Lipinski definition) is 1. The number of carbonyl (C=O) groups is 1. The van der Waals surface area contributed by atoms with Gasteiger partial charge in [-0.05, 0) is 19.1 Å². The molecule has 108 valence electrons. The fourth-order valence-electron chi connectivity index (χ4n) is 3.06. The van der Waals surface area contributed by atoms with Crippen molar-refractivity contribution in [1.29, 1.82) is 0 Å². The number of aromatic nitrogens is 2. The van der Waals surface area contributed by atoms with Crippen molar-refractivity contribution < 1.29 is 4.79 Å². The van der Waals surface area contributed by atoms with Crippen molar-refractivity contribution in [3.8, 4) is 0 Å². The van der Waals surface area contributed by atoms with Gasteiger partial charge in [-0.25, -0.2) is 9.97 Å². The lowest BCUT2D eigenvalue weighted by molar-refractivity contribution is -0.124. The highest BCUT2D eigenvalue weighted by Gasteiger charge is 2.32. The van der Waals surface area contributed by atoms with E-state index in [0.717, 1.165) is 49.6 Å². The summed E-state index contributed by atoms with van der Waals surface area (Å²) in [6.45, 7) is 2.62. The zero-order valence-corrected chi connectivity index (χ0v) is 12.5. The molecule has 1 N–H and O–H groups in total. The predicted molar refractivity (Wildman–Crippen MR) is 78.4 cm³/mol. The zero-order valence-electron chi connectivity index (χ0n) is 11.7. The zero-order chi connectivity index (χ0) is 13.9. The molecule has 3 heterocycles. The second-order valence-corrected chi connectivity index (χ2v) is 6.38. The summed E-state index contributed by atoms with van der Waals surface area (Å²) in [5.74, 6) is 0.387. The van der Waals surface area contributed by atoms with Crippen LogP contribution in [0.2, 0.25) is 0 Å². The molecular formula is C14H20N4OS. The molecule has 2 bridgehead atoms. The molecule has 0 saturated carbocycles. The van der Waals surface area contributed by atoms with E-state index in [1.54, 1.807) is 11.8 Å². The number of nitrogens with one attached hydrogen (secondary N) is 1. The van der Waals surface area contributed by atoms with Crippen LogP contribution in [-0.4, -0.2) is 46.2 Å². The van der Waals surface area contributed by atoms with E-state index in [9.17, 15) is 4.79 Å². The number of likely N-dealkylation sites (tertiary alicyclic amines) is 1. The van der Waals surface area contributed by atoms with Gasteiger partial charge in [0.25, 0.3) is 0 Å². The SMILES string of the molecule is CSc1ncc(CN2C[C@H]3CCC[C@@H](C2)C(=O)N3)cn1. The molecule has 0 spiro atoms. The maximum Gasteiger partial charge on any atom is 0.224 e. The summed E-state index contributed by atoms with van der Waals surface area (Å²) in [5, 5.41) is 3.96. The Morgan fingerprint density at radius 3 is 2.90 bits per heavy atom. The van der Waals surface area contributed by atoms with Crippen LogP contribution in [0.15, 0.2) is 17.6 Å². The van der Waals surface area contributed by atoms with Crippen LogP contribution in [0, 0.1) is 5.92 Å². The van der Waals surface area contributed by atoms with Crippen LogP contribution >= 0.6 is 11.8 Å². The quantitative estimate of drug-likeness (QED) is 0.672. The third-order valence-electron chi connectivity index (χ3n) is 4.05. The van der Waals surface area contributed by atoms with E-state index in [4.69, 9.17) is 0 Å². The first-order chi connectivity index (χ1) is 9.74. The Kier molecular flexibility index (Phi) is 4.21. The van der Waals surface area contributed by atoms with E-state index >= 15 is 0 Å². The summed E-state index contributed by atoms with van der Waals surface area (Å²) < 4.78 is 0. The van der Waals surface area contributed by atoms with Crippen molar-refractivity contribution in [3.63, 3.8) is 0 Å². The van der Waals surface area contributed by atoms with Crippen molar-refractivity contribution in [2.75, 3.05) is 19.3 Å². The average molecular weight is 292 g/mol. The molecule has 0 radical (unpaired) electrons. The van der Waals surface area contributed by atoms with Gasteiger partial charge < -0.3 is 5.32 Å². The summed E-state index contributed by atoms with van der Waals surface area (Å²) in [6.07, 6.45) is 9.04. The van der Waals surface area contributed by atoms with Gasteiger partial charge in [0.2, 0.25) is 5.91 Å². The van der Waals surface area contributed by atoms with Crippen LogP contribution in [0.5, 0.6) is 0 Å². The molecule has 3 rings (SSSR count). The first-order valence-corrected chi connectivity index (χ1v) is 8.34. The van der Waals surface area contributed by atoms with Crippen LogP contribution in [-0.2, 0) is 11.3 Å². The van der Waals surface area contributed by atoms with Gasteiger partial charge in [-0.15, -0.1) is 0 Å². The van der Waals surface area contributed by atoms with Crippen molar-refractivity contribution in [1.82, 2.24) is 20.2 Å². The Labute approximate surface area is 123 Å². The van der Waals surface area contributed by atoms with Gasteiger partial charge in [0.1, 0.15) is 0 Å². The van der Waals surface area contributed by atoms with Crippen molar-refractivity contribution in [2.45, 2.75) is 37.0 Å². The normalized spacial score (nSPS) is 26.9. The van der Waals surface area contributed by atoms with Crippen LogP contribution in [0.4, 0.5) is 0 Å². The van der Waals surface area contributed by atoms with Gasteiger partial charge in [-0.1, -0.05) is 18.2 Å². The lowest BCUT2D eigenvalue weighted by atomic mass is 9.99. The monoisotopic (exact) mass is 292 g/mol. The maximum atomic E-state index is 12.0. The van der Waals surface area contributed by atoms with Crippen molar-refractivity contribution in [2.24, 2.45) is 5.92 Å². The Morgan fingerprint density at radius 2 is 2.15 bits per heavy atom. The minimum absolute atomic E-state index is 0.147. The molecule has 1 aromatic heterocycles. The molecule has 0 aliphatic carbocycles. The molecule has 2 saturated heterocycles. The molecule has 2 atom stereocenters. The largest absolute Gasteiger partial charge is 0.352 e. The first-order valence-electron chi connectivity index (χ1n) is 7.12. The minimum atomic E-state index is 0.147. The van der Waals surface area contributed by atoms with E-state index in [1.165, 1.54) is 0 Å². The van der Waals surface area contributed by atoms with E-state index in [2.05, 4.69) is 20.2 Å². The standard InChI is InChI=1S/C14H20N4OS/c1-20-14-15-5-10(6-16-14)7-18-8-11-3-2-4-12(9-18)17-13(11)19/h5-6,11-12H,2-4,7-9H2,1H3,(H,17,19)/t11-,12+/m0/s1. The summed E-state index contributed by atoms with van der Waals surface area (Å²) in [7, 11) is 0. The van der Waals surface area contributed by atoms with Crippen LogP contribution in [0.1, 0.15) is 24.8 Å². The molecule has 2 fully saturated rings. The lowest BCUT2D eigenvalue weighted by Crippen LogP contribution is -2.38. The van der Waals surface area contributed by atoms with E-state index in [1.807, 2.05) is 18.6 Å². The second kappa shape index (κ2) is 6.10. The second-order valence-electron chi connectivity index (χ2n) is 5.61. The Bertz CT molecular complexity index is 479. The molecule has 1 amide bonds. The van der Waals surface area contributed by atoms with Crippen LogP contribution in [0.25, 0.3) is 0 Å². The Balaban J connectivity index is 1.69. The number of hydrogen-bond acceptors (Lipinski definition) is 5. The van der Waals surface area contributed by atoms with Gasteiger partial charge >= 0.3 is 0 Å². The molecule has 2 aliphatic rings. The third-order valence-corrected chi connectivity index (χ3v) is 4.63. The van der Waals surface area contributed by atoms with E-state index in [-0.39, 0.29) is 11.8 Å². The van der Waals surface area contributed by atoms with Gasteiger partial charge in [0, 0.05) is 43.6 Å². The summed E-state index contributed by atoms with van der Waals surface area (Å²) >= 11 is 1.55. The van der Waals surface area contributed by atoms with Crippen molar-refractivity contribution >= 4 is 17.7 Å². The number of thioether (sulfide) groups is 1. The van der Waals surface area contributed by atoms with Crippen LogP contribution < -0.4 is 5.32 Å². The molecule has 6 heteroatoms. The molecule has 0 aromatic carbocycles. The molecular weight excluding hydrogens is 272 g/mol. The number of nitrogens with zero attached hydrogens (tertiary/aromatic N) is 3. The van der Waals surface area contributed by atoms with Gasteiger partial charge in [-0.3, -0.25) is 9.69 Å². The summed E-state index contributed by atoms with van der Waals surface area (Å²) in [6, 6.07) is 0.307. The Hall–Kier alpha value is -1.14. The highest BCUT2D eigenvalue weighted by molar-refractivity contribution is 7.98. The number of rotatable bonds is 3. The average Bonchev–Trinajstić information content (AvgIpc) is 2.68. The first kappa shape index (κ1) is 13.8. The number of carbonyl (C=O) groups excluding carboxylic acids is 1. The highest BCUT2D eigenvalue weighted by Crippen LogP contribution is 2.22. The topological polar surface area (TPSA) is 58.1 Å². The van der Waals surface area contributed by atoms with E-state index < -0.39 is 0 Å². The van der Waals surface area contributed by atoms with Crippen molar-refractivity contribution in [3.05, 3.63) is 18.0 Å². The summed E-state index contributed by atoms with van der Waals surface area (Å²) in [4.78, 5) is 23.0. The van der Waals surface area contributed by atoms with E-state index in [0.29, 0.717) is 6.04 Å². The predicted octanol–water partition coefficient (Wildman–Crippen LogP) is 1.30. The third kappa shape index (κ3) is 3.12. The number of fused-ring (bicyclic) bond motifs is 3. The van der Waals surface area contributed by atoms with Gasteiger partial charge in [0.05, 0.1) is 5.92 Å². The highest BCUT2D eigenvalue weighted by atomic mass is 32.2. The molecule has 1 aromatic rings. The fraction of sp³-hybridized carbons (Fsp3) is 0.643. The van der Waals surface area contributed by atoms with Gasteiger partial charge in [-0.2, -0.15) is 0 Å². The lowest BCUT2D eigenvalue weighted by Gasteiger charge is -2.27. The van der Waals surface area contributed by atoms with Gasteiger partial charge in [0.15, 0.2) is 5.16 Å². The molecule has 5 nitrogen and oxygen atoms in total.